The average Bonchev–Trinajstić information content (AvgIpc) is 3.02. The molecule has 1 aromatic carbocycles. The van der Waals surface area contributed by atoms with Crippen LogP contribution < -0.4 is 10.2 Å². The molecule has 2 unspecified atom stereocenters. The fourth-order valence-electron chi connectivity index (χ4n) is 4.69. The molecule has 144 valence electrons. The number of nitrogens with zero attached hydrogens (tertiary/aromatic N) is 2. The molecule has 1 saturated carbocycles. The maximum atomic E-state index is 14.7. The molecule has 4 aliphatic rings. The maximum absolute atomic E-state index is 14.7. The molecule has 1 aliphatic carbocycles. The highest BCUT2D eigenvalue weighted by molar-refractivity contribution is 6.23. The van der Waals surface area contributed by atoms with Crippen LogP contribution in [0.5, 0.6) is 0 Å². The van der Waals surface area contributed by atoms with Gasteiger partial charge in [-0.3, -0.25) is 29.4 Å². The fraction of sp³-hybridized carbons (Fsp3) is 0.421. The zero-order valence-electron chi connectivity index (χ0n) is 14.7. The van der Waals surface area contributed by atoms with Crippen molar-refractivity contribution in [3.63, 3.8) is 0 Å². The van der Waals surface area contributed by atoms with E-state index in [1.807, 2.05) is 0 Å². The number of halogens is 1. The Kier molecular flexibility index (Phi) is 3.47. The Hall–Kier alpha value is -3.10. The van der Waals surface area contributed by atoms with Crippen LogP contribution in [-0.4, -0.2) is 53.9 Å². The zero-order valence-corrected chi connectivity index (χ0v) is 14.7. The number of aldehydes is 1. The third-order valence-electron chi connectivity index (χ3n) is 6.27. The summed E-state index contributed by atoms with van der Waals surface area (Å²) in [6.07, 6.45) is 1.01. The minimum Gasteiger partial charge on any atom is -0.369 e. The third kappa shape index (κ3) is 2.25. The van der Waals surface area contributed by atoms with Crippen molar-refractivity contribution in [3.8, 4) is 0 Å². The molecule has 0 radical (unpaired) electrons. The smallest absolute Gasteiger partial charge is 0.262 e. The van der Waals surface area contributed by atoms with Gasteiger partial charge in [0.2, 0.25) is 11.8 Å². The van der Waals surface area contributed by atoms with Crippen molar-refractivity contribution in [1.82, 2.24) is 10.2 Å². The summed E-state index contributed by atoms with van der Waals surface area (Å²) in [7, 11) is 0. The number of piperidine rings is 2. The lowest BCUT2D eigenvalue weighted by Crippen LogP contribution is -2.54. The molecule has 3 fully saturated rings. The molecule has 1 aromatic rings. The normalized spacial score (nSPS) is 31.0. The Morgan fingerprint density at radius 1 is 1.04 bits per heavy atom. The number of fused-ring (bicyclic) bond motifs is 2. The number of anilines is 1. The van der Waals surface area contributed by atoms with Crippen LogP contribution in [0, 0.1) is 23.6 Å². The van der Waals surface area contributed by atoms with Gasteiger partial charge in [-0.1, -0.05) is 0 Å². The van der Waals surface area contributed by atoms with Crippen molar-refractivity contribution in [2.75, 3.05) is 18.0 Å². The molecule has 3 heterocycles. The maximum Gasteiger partial charge on any atom is 0.262 e. The van der Waals surface area contributed by atoms with Gasteiger partial charge in [-0.15, -0.1) is 0 Å². The lowest BCUT2D eigenvalue weighted by atomic mass is 10.0. The van der Waals surface area contributed by atoms with Gasteiger partial charge in [0.05, 0.1) is 16.8 Å². The molecule has 3 aliphatic heterocycles. The minimum atomic E-state index is -1.08. The summed E-state index contributed by atoms with van der Waals surface area (Å²) in [5.41, 5.74) is 0.201. The van der Waals surface area contributed by atoms with E-state index in [2.05, 4.69) is 5.32 Å². The van der Waals surface area contributed by atoms with Gasteiger partial charge < -0.3 is 9.69 Å². The number of hydrogen-bond donors (Lipinski definition) is 1. The monoisotopic (exact) mass is 385 g/mol. The molecular formula is C19H16FN3O5. The van der Waals surface area contributed by atoms with E-state index in [1.165, 1.54) is 6.07 Å². The first-order valence-electron chi connectivity index (χ1n) is 9.16. The van der Waals surface area contributed by atoms with Gasteiger partial charge in [-0.05, 0) is 30.4 Å². The van der Waals surface area contributed by atoms with E-state index in [-0.39, 0.29) is 47.4 Å². The van der Waals surface area contributed by atoms with Gasteiger partial charge in [0.25, 0.3) is 11.8 Å². The first-order valence-corrected chi connectivity index (χ1v) is 9.16. The number of hydrogen-bond acceptors (Lipinski definition) is 6. The Bertz CT molecular complexity index is 965. The molecule has 0 bridgehead atoms. The average molecular weight is 385 g/mol. The fourth-order valence-corrected chi connectivity index (χ4v) is 4.69. The van der Waals surface area contributed by atoms with E-state index in [1.54, 1.807) is 4.90 Å². The van der Waals surface area contributed by atoms with E-state index in [0.717, 1.165) is 17.3 Å². The number of amides is 4. The highest BCUT2D eigenvalue weighted by atomic mass is 19.1. The predicted octanol–water partition coefficient (Wildman–Crippen LogP) is 0.108. The van der Waals surface area contributed by atoms with Crippen molar-refractivity contribution >= 4 is 35.6 Å². The van der Waals surface area contributed by atoms with E-state index in [4.69, 9.17) is 0 Å². The quantitative estimate of drug-likeness (QED) is 0.585. The number of carbonyl (C=O) groups excluding carboxylic acids is 5. The summed E-state index contributed by atoms with van der Waals surface area (Å²) in [4.78, 5) is 62.5. The minimum absolute atomic E-state index is 0.0257. The van der Waals surface area contributed by atoms with Crippen LogP contribution in [0.25, 0.3) is 0 Å². The lowest BCUT2D eigenvalue weighted by molar-refractivity contribution is -0.136. The molecule has 8 nitrogen and oxygen atoms in total. The van der Waals surface area contributed by atoms with Gasteiger partial charge in [0, 0.05) is 25.4 Å². The number of carbonyl (C=O) groups is 5. The van der Waals surface area contributed by atoms with E-state index < -0.39 is 35.5 Å². The summed E-state index contributed by atoms with van der Waals surface area (Å²) in [6, 6.07) is 1.32. The Balaban J connectivity index is 1.44. The first kappa shape index (κ1) is 17.0. The third-order valence-corrected chi connectivity index (χ3v) is 6.27. The Morgan fingerprint density at radius 3 is 2.29 bits per heavy atom. The molecule has 4 atom stereocenters. The number of imide groups is 2. The van der Waals surface area contributed by atoms with Crippen molar-refractivity contribution < 1.29 is 28.4 Å². The summed E-state index contributed by atoms with van der Waals surface area (Å²) < 4.78 is 14.7. The molecule has 5 rings (SSSR count). The van der Waals surface area contributed by atoms with Gasteiger partial charge in [0.1, 0.15) is 18.1 Å². The van der Waals surface area contributed by atoms with Crippen molar-refractivity contribution in [3.05, 3.63) is 29.1 Å². The summed E-state index contributed by atoms with van der Waals surface area (Å²) in [5, 5.41) is 2.13. The number of nitrogens with one attached hydrogen (secondary N) is 1. The Labute approximate surface area is 158 Å². The van der Waals surface area contributed by atoms with Crippen LogP contribution >= 0.6 is 0 Å². The molecule has 2 saturated heterocycles. The van der Waals surface area contributed by atoms with E-state index >= 15 is 0 Å². The first-order chi connectivity index (χ1) is 13.4. The summed E-state index contributed by atoms with van der Waals surface area (Å²) in [5.74, 6) is -2.71. The SMILES string of the molecule is O=CC1[C@H]2CN(c3cc4c(cc3F)C(=O)N(C3CCC(=O)NC3=O)C4=O)C[C@@H]12. The van der Waals surface area contributed by atoms with Crippen LogP contribution in [-0.2, 0) is 14.4 Å². The van der Waals surface area contributed by atoms with Crippen LogP contribution in [0.15, 0.2) is 12.1 Å². The molecular weight excluding hydrogens is 369 g/mol. The molecule has 0 aromatic heterocycles. The number of rotatable bonds is 3. The van der Waals surface area contributed by atoms with Crippen LogP contribution in [0.3, 0.4) is 0 Å². The molecule has 4 amide bonds. The summed E-state index contributed by atoms with van der Waals surface area (Å²) >= 11 is 0. The Morgan fingerprint density at radius 2 is 1.68 bits per heavy atom. The molecule has 28 heavy (non-hydrogen) atoms. The molecule has 0 spiro atoms. The van der Waals surface area contributed by atoms with E-state index in [0.29, 0.717) is 13.1 Å². The van der Waals surface area contributed by atoms with Crippen molar-refractivity contribution in [1.29, 1.82) is 0 Å². The second kappa shape index (κ2) is 5.70. The van der Waals surface area contributed by atoms with Gasteiger partial charge in [-0.25, -0.2) is 4.39 Å². The van der Waals surface area contributed by atoms with Crippen molar-refractivity contribution in [2.24, 2.45) is 17.8 Å². The molecule has 1 N–H and O–H groups in total. The highest BCUT2D eigenvalue weighted by Gasteiger charge is 2.56. The van der Waals surface area contributed by atoms with Crippen LogP contribution in [0.1, 0.15) is 33.6 Å². The largest absolute Gasteiger partial charge is 0.369 e. The van der Waals surface area contributed by atoms with E-state index in [9.17, 15) is 28.4 Å². The number of benzene rings is 1. The summed E-state index contributed by atoms with van der Waals surface area (Å²) in [6.45, 7) is 1.06. The van der Waals surface area contributed by atoms with Gasteiger partial charge >= 0.3 is 0 Å². The standard InChI is InChI=1S/C19H16FN3O5/c20-13-3-8-9(4-15(13)22-5-10-11(6-22)12(10)7-24)19(28)23(18(8)27)14-1-2-16(25)21-17(14)26/h3-4,7,10-12,14H,1-2,5-6H2,(H,21,25,26)/t10-,11+,12?,14?. The zero-order chi connectivity index (χ0) is 19.7. The highest BCUT2D eigenvalue weighted by Crippen LogP contribution is 2.51. The van der Waals surface area contributed by atoms with Crippen LogP contribution in [0.2, 0.25) is 0 Å². The topological polar surface area (TPSA) is 104 Å². The second-order valence-electron chi connectivity index (χ2n) is 7.74. The lowest BCUT2D eigenvalue weighted by Gasteiger charge is -2.27. The van der Waals surface area contributed by atoms with Crippen LogP contribution in [0.4, 0.5) is 10.1 Å². The predicted molar refractivity (Wildman–Crippen MR) is 91.8 cm³/mol. The van der Waals surface area contributed by atoms with Crippen molar-refractivity contribution in [2.45, 2.75) is 18.9 Å². The van der Waals surface area contributed by atoms with Gasteiger partial charge in [0.15, 0.2) is 0 Å². The second-order valence-corrected chi connectivity index (χ2v) is 7.74. The van der Waals surface area contributed by atoms with Gasteiger partial charge in [-0.2, -0.15) is 0 Å². The molecule has 9 heteroatoms.